The summed E-state index contributed by atoms with van der Waals surface area (Å²) in [7, 11) is 0. The lowest BCUT2D eigenvalue weighted by molar-refractivity contribution is -0.123. The summed E-state index contributed by atoms with van der Waals surface area (Å²) in [6.45, 7) is 6.57. The van der Waals surface area contributed by atoms with E-state index in [0.29, 0.717) is 5.91 Å². The van der Waals surface area contributed by atoms with Crippen LogP contribution in [0.15, 0.2) is 18.2 Å². The smallest absolute Gasteiger partial charge is 0.230 e. The zero-order chi connectivity index (χ0) is 17.1. The minimum absolute atomic E-state index is 0.270. The van der Waals surface area contributed by atoms with Crippen LogP contribution in [0.1, 0.15) is 43.2 Å². The van der Waals surface area contributed by atoms with E-state index in [4.69, 9.17) is 0 Å². The van der Waals surface area contributed by atoms with Crippen molar-refractivity contribution < 1.29 is 4.79 Å². The van der Waals surface area contributed by atoms with Crippen molar-refractivity contribution in [3.8, 4) is 0 Å². The van der Waals surface area contributed by atoms with Gasteiger partial charge in [0.2, 0.25) is 5.91 Å². The monoisotopic (exact) mass is 341 g/mol. The molecule has 1 aliphatic carbocycles. The highest BCUT2D eigenvalue weighted by Gasteiger charge is 2.30. The zero-order valence-corrected chi connectivity index (χ0v) is 15.3. The number of hydrogen-bond acceptors (Lipinski definition) is 3. The Balaban J connectivity index is 1.38. The first kappa shape index (κ1) is 17.0. The third kappa shape index (κ3) is 3.90. The van der Waals surface area contributed by atoms with E-state index in [1.54, 1.807) is 0 Å². The summed E-state index contributed by atoms with van der Waals surface area (Å²) in [6.07, 6.45) is 8.07. The SMILES string of the molecule is O=C(C1CCCCC1)N1CCc2cc(CCN3CCNCC3)ccc21. The normalized spacial score (nSPS) is 22.2. The van der Waals surface area contributed by atoms with E-state index in [1.807, 2.05) is 0 Å². The molecule has 1 saturated carbocycles. The zero-order valence-electron chi connectivity index (χ0n) is 15.3. The van der Waals surface area contributed by atoms with Gasteiger partial charge in [0.25, 0.3) is 0 Å². The highest BCUT2D eigenvalue weighted by Crippen LogP contribution is 2.33. The van der Waals surface area contributed by atoms with Gasteiger partial charge in [0.05, 0.1) is 0 Å². The molecule has 136 valence electrons. The van der Waals surface area contributed by atoms with Crippen molar-refractivity contribution in [1.82, 2.24) is 10.2 Å². The molecule has 2 heterocycles. The molecule has 1 aromatic carbocycles. The number of piperazine rings is 1. The van der Waals surface area contributed by atoms with Crippen molar-refractivity contribution in [1.29, 1.82) is 0 Å². The molecular weight excluding hydrogens is 310 g/mol. The third-order valence-corrected chi connectivity index (χ3v) is 6.19. The van der Waals surface area contributed by atoms with Crippen LogP contribution in [0.3, 0.4) is 0 Å². The molecule has 0 aromatic heterocycles. The van der Waals surface area contributed by atoms with E-state index in [2.05, 4.69) is 33.3 Å². The van der Waals surface area contributed by atoms with Crippen LogP contribution in [0.2, 0.25) is 0 Å². The van der Waals surface area contributed by atoms with Gasteiger partial charge in [0.15, 0.2) is 0 Å². The lowest BCUT2D eigenvalue weighted by Crippen LogP contribution is -2.44. The van der Waals surface area contributed by atoms with Gasteiger partial charge in [-0.3, -0.25) is 4.79 Å². The van der Waals surface area contributed by atoms with Crippen LogP contribution in [-0.2, 0) is 17.6 Å². The average molecular weight is 341 g/mol. The summed E-state index contributed by atoms with van der Waals surface area (Å²) in [5.74, 6) is 0.652. The molecule has 1 amide bonds. The molecule has 2 aliphatic heterocycles. The molecule has 3 aliphatic rings. The molecule has 0 unspecified atom stereocenters. The lowest BCUT2D eigenvalue weighted by atomic mass is 9.88. The maximum atomic E-state index is 12.9. The Morgan fingerprint density at radius 2 is 1.88 bits per heavy atom. The fourth-order valence-electron chi connectivity index (χ4n) is 4.63. The minimum atomic E-state index is 0.270. The first-order chi connectivity index (χ1) is 12.3. The van der Waals surface area contributed by atoms with Crippen LogP contribution < -0.4 is 10.2 Å². The van der Waals surface area contributed by atoms with Gasteiger partial charge in [-0.2, -0.15) is 0 Å². The fraction of sp³-hybridized carbons (Fsp3) is 0.667. The highest BCUT2D eigenvalue weighted by atomic mass is 16.2. The van der Waals surface area contributed by atoms with Crippen LogP contribution in [0.4, 0.5) is 5.69 Å². The highest BCUT2D eigenvalue weighted by molar-refractivity contribution is 5.97. The number of nitrogens with one attached hydrogen (secondary N) is 1. The van der Waals surface area contributed by atoms with Gasteiger partial charge < -0.3 is 15.1 Å². The number of fused-ring (bicyclic) bond motifs is 1. The van der Waals surface area contributed by atoms with Gasteiger partial charge in [0, 0.05) is 50.9 Å². The van der Waals surface area contributed by atoms with Crippen molar-refractivity contribution in [2.45, 2.75) is 44.9 Å². The van der Waals surface area contributed by atoms with Crippen molar-refractivity contribution >= 4 is 11.6 Å². The number of benzene rings is 1. The fourth-order valence-corrected chi connectivity index (χ4v) is 4.63. The average Bonchev–Trinajstić information content (AvgIpc) is 3.10. The van der Waals surface area contributed by atoms with Gasteiger partial charge in [-0.15, -0.1) is 0 Å². The van der Waals surface area contributed by atoms with Crippen molar-refractivity contribution in [2.24, 2.45) is 5.92 Å². The molecule has 4 heteroatoms. The number of carbonyl (C=O) groups is 1. The lowest BCUT2D eigenvalue weighted by Gasteiger charge is -2.27. The van der Waals surface area contributed by atoms with Crippen molar-refractivity contribution in [3.05, 3.63) is 29.3 Å². The Morgan fingerprint density at radius 3 is 2.68 bits per heavy atom. The summed E-state index contributed by atoms with van der Waals surface area (Å²) in [4.78, 5) is 17.5. The minimum Gasteiger partial charge on any atom is -0.314 e. The van der Waals surface area contributed by atoms with Gasteiger partial charge in [-0.05, 0) is 42.9 Å². The van der Waals surface area contributed by atoms with E-state index >= 15 is 0 Å². The largest absolute Gasteiger partial charge is 0.314 e. The molecule has 1 saturated heterocycles. The van der Waals surface area contributed by atoms with Gasteiger partial charge in [-0.1, -0.05) is 31.4 Å². The molecule has 2 fully saturated rings. The van der Waals surface area contributed by atoms with Gasteiger partial charge in [0.1, 0.15) is 0 Å². The molecule has 1 aromatic rings. The predicted molar refractivity (Wildman–Crippen MR) is 102 cm³/mol. The standard InChI is InChI=1S/C21H31N3O/c25-21(18-4-2-1-3-5-18)24-13-9-19-16-17(6-7-20(19)24)8-12-23-14-10-22-11-15-23/h6-7,16,18,22H,1-5,8-15H2. The Morgan fingerprint density at radius 1 is 1.08 bits per heavy atom. The molecule has 25 heavy (non-hydrogen) atoms. The van der Waals surface area contributed by atoms with Crippen LogP contribution in [0.5, 0.6) is 0 Å². The van der Waals surface area contributed by atoms with Crippen LogP contribution in [-0.4, -0.2) is 50.1 Å². The van der Waals surface area contributed by atoms with Crippen LogP contribution in [0.25, 0.3) is 0 Å². The first-order valence-electron chi connectivity index (χ1n) is 10.2. The molecule has 4 nitrogen and oxygen atoms in total. The van der Waals surface area contributed by atoms with Crippen LogP contribution >= 0.6 is 0 Å². The van der Waals surface area contributed by atoms with Gasteiger partial charge in [-0.25, -0.2) is 0 Å². The summed E-state index contributed by atoms with van der Waals surface area (Å²) < 4.78 is 0. The second kappa shape index (κ2) is 7.88. The number of rotatable bonds is 4. The summed E-state index contributed by atoms with van der Waals surface area (Å²) in [5, 5.41) is 3.41. The van der Waals surface area contributed by atoms with Crippen molar-refractivity contribution in [2.75, 3.05) is 44.2 Å². The van der Waals surface area contributed by atoms with E-state index in [9.17, 15) is 4.79 Å². The second-order valence-corrected chi connectivity index (χ2v) is 7.88. The molecule has 0 radical (unpaired) electrons. The third-order valence-electron chi connectivity index (χ3n) is 6.19. The van der Waals surface area contributed by atoms with E-state index < -0.39 is 0 Å². The number of hydrogen-bond donors (Lipinski definition) is 1. The van der Waals surface area contributed by atoms with E-state index in [-0.39, 0.29) is 5.92 Å². The number of amides is 1. The Hall–Kier alpha value is -1.39. The molecule has 1 N–H and O–H groups in total. The molecule has 0 spiro atoms. The Bertz CT molecular complexity index is 603. The quantitative estimate of drug-likeness (QED) is 0.914. The summed E-state index contributed by atoms with van der Waals surface area (Å²) in [5.41, 5.74) is 3.98. The van der Waals surface area contributed by atoms with E-state index in [0.717, 1.165) is 65.0 Å². The van der Waals surface area contributed by atoms with Crippen molar-refractivity contribution in [3.63, 3.8) is 0 Å². The van der Waals surface area contributed by atoms with E-state index in [1.165, 1.54) is 36.1 Å². The predicted octanol–water partition coefficient (Wildman–Crippen LogP) is 2.60. The number of carbonyl (C=O) groups excluding carboxylic acids is 1. The van der Waals surface area contributed by atoms with Crippen LogP contribution in [0, 0.1) is 5.92 Å². The maximum absolute atomic E-state index is 12.9. The summed E-state index contributed by atoms with van der Waals surface area (Å²) in [6, 6.07) is 6.80. The maximum Gasteiger partial charge on any atom is 0.230 e. The van der Waals surface area contributed by atoms with Gasteiger partial charge >= 0.3 is 0 Å². The molecule has 4 rings (SSSR count). The molecule has 0 bridgehead atoms. The summed E-state index contributed by atoms with van der Waals surface area (Å²) >= 11 is 0. The Kier molecular flexibility index (Phi) is 5.37. The second-order valence-electron chi connectivity index (χ2n) is 7.88. The molecule has 0 atom stereocenters. The Labute approximate surface area is 151 Å². The topological polar surface area (TPSA) is 35.6 Å². The number of nitrogens with zero attached hydrogens (tertiary/aromatic N) is 2. The number of anilines is 1. The first-order valence-corrected chi connectivity index (χ1v) is 10.2. The molecular formula is C21H31N3O.